The van der Waals surface area contributed by atoms with Crippen LogP contribution in [0.4, 0.5) is 0 Å². The minimum Gasteiger partial charge on any atom is -0.493 e. The number of hydrazone groups is 1. The number of carbonyl (C=O) groups excluding carboxylic acids is 1. The zero-order valence-electron chi connectivity index (χ0n) is 20.5. The molecule has 0 aliphatic carbocycles. The molecule has 0 fully saturated rings. The average Bonchev–Trinajstić information content (AvgIpc) is 2.89. The third-order valence-electron chi connectivity index (χ3n) is 5.07. The van der Waals surface area contributed by atoms with Gasteiger partial charge in [0, 0.05) is 5.56 Å². The monoisotopic (exact) mass is 476 g/mol. The van der Waals surface area contributed by atoms with Crippen molar-refractivity contribution in [3.63, 3.8) is 0 Å². The zero-order chi connectivity index (χ0) is 24.9. The molecule has 0 radical (unpaired) electrons. The van der Waals surface area contributed by atoms with Crippen molar-refractivity contribution in [3.05, 3.63) is 83.4 Å². The molecule has 35 heavy (non-hydrogen) atoms. The van der Waals surface area contributed by atoms with Gasteiger partial charge in [-0.3, -0.25) is 4.79 Å². The van der Waals surface area contributed by atoms with E-state index in [2.05, 4.69) is 17.5 Å². The van der Waals surface area contributed by atoms with Crippen LogP contribution < -0.4 is 24.4 Å². The van der Waals surface area contributed by atoms with E-state index in [1.165, 1.54) is 0 Å². The minimum atomic E-state index is -0.358. The van der Waals surface area contributed by atoms with Gasteiger partial charge in [0.15, 0.2) is 23.0 Å². The summed E-state index contributed by atoms with van der Waals surface area (Å²) in [5.41, 5.74) is 4.78. The molecule has 0 saturated carbocycles. The van der Waals surface area contributed by atoms with E-state index in [9.17, 15) is 4.79 Å². The molecular formula is C28H32N2O5. The molecule has 0 saturated heterocycles. The van der Waals surface area contributed by atoms with Crippen molar-refractivity contribution in [2.75, 3.05) is 20.3 Å². The molecule has 0 aromatic heterocycles. The third-order valence-corrected chi connectivity index (χ3v) is 5.07. The summed E-state index contributed by atoms with van der Waals surface area (Å²) in [7, 11) is 1.59. The number of unbranched alkanes of at least 4 members (excludes halogenated alkanes) is 1. The Labute approximate surface area is 206 Å². The van der Waals surface area contributed by atoms with Gasteiger partial charge in [0.05, 0.1) is 26.5 Å². The van der Waals surface area contributed by atoms with E-state index >= 15 is 0 Å². The van der Waals surface area contributed by atoms with Crippen molar-refractivity contribution in [2.45, 2.75) is 33.3 Å². The zero-order valence-corrected chi connectivity index (χ0v) is 20.5. The van der Waals surface area contributed by atoms with Crippen LogP contribution in [0.3, 0.4) is 0 Å². The first-order chi connectivity index (χ1) is 17.1. The number of benzene rings is 3. The maximum Gasteiger partial charge on any atom is 0.271 e. The number of carbonyl (C=O) groups is 1. The molecule has 0 bridgehead atoms. The van der Waals surface area contributed by atoms with Gasteiger partial charge >= 0.3 is 0 Å². The van der Waals surface area contributed by atoms with Crippen LogP contribution in [-0.2, 0) is 6.61 Å². The van der Waals surface area contributed by atoms with E-state index in [0.29, 0.717) is 48.4 Å². The number of methoxy groups -OCH3 is 1. The molecule has 1 N–H and O–H groups in total. The summed E-state index contributed by atoms with van der Waals surface area (Å²) in [5.74, 6) is 2.01. The largest absolute Gasteiger partial charge is 0.493 e. The van der Waals surface area contributed by atoms with Crippen molar-refractivity contribution in [2.24, 2.45) is 5.10 Å². The fraction of sp³-hybridized carbons (Fsp3) is 0.286. The molecule has 3 aromatic carbocycles. The quantitative estimate of drug-likeness (QED) is 0.197. The summed E-state index contributed by atoms with van der Waals surface area (Å²) < 4.78 is 22.8. The normalized spacial score (nSPS) is 10.7. The molecule has 0 spiro atoms. The van der Waals surface area contributed by atoms with Gasteiger partial charge in [0.2, 0.25) is 0 Å². The fourth-order valence-corrected chi connectivity index (χ4v) is 3.21. The van der Waals surface area contributed by atoms with Crippen molar-refractivity contribution < 1.29 is 23.7 Å². The number of rotatable bonds is 13. The van der Waals surface area contributed by atoms with E-state index in [0.717, 1.165) is 24.0 Å². The molecule has 0 atom stereocenters. The first-order valence-corrected chi connectivity index (χ1v) is 11.7. The van der Waals surface area contributed by atoms with Crippen LogP contribution in [0.1, 0.15) is 48.2 Å². The number of hydrogen-bond donors (Lipinski definition) is 1. The predicted molar refractivity (Wildman–Crippen MR) is 137 cm³/mol. The standard InChI is InChI=1S/C28H32N2O5/c1-4-6-16-34-24-14-12-22(17-26(24)32-3)19-29-30-28(31)23-13-15-25(27(18-23)33-5-2)35-20-21-10-8-7-9-11-21/h7-15,17-19H,4-6,16,20H2,1-3H3,(H,30,31)/b29-19+. The predicted octanol–water partition coefficient (Wildman–Crippen LogP) is 5.62. The molecule has 0 aliphatic rings. The van der Waals surface area contributed by atoms with Crippen molar-refractivity contribution in [1.29, 1.82) is 0 Å². The van der Waals surface area contributed by atoms with Gasteiger partial charge in [-0.25, -0.2) is 5.43 Å². The second-order valence-electron chi connectivity index (χ2n) is 7.68. The summed E-state index contributed by atoms with van der Waals surface area (Å²) in [6, 6.07) is 20.4. The number of nitrogens with zero attached hydrogens (tertiary/aromatic N) is 1. The summed E-state index contributed by atoms with van der Waals surface area (Å²) in [5, 5.41) is 4.08. The van der Waals surface area contributed by atoms with Gasteiger partial charge < -0.3 is 18.9 Å². The second kappa shape index (κ2) is 13.6. The first-order valence-electron chi connectivity index (χ1n) is 11.7. The average molecular weight is 477 g/mol. The lowest BCUT2D eigenvalue weighted by molar-refractivity contribution is 0.0954. The van der Waals surface area contributed by atoms with E-state index < -0.39 is 0 Å². The van der Waals surface area contributed by atoms with Gasteiger partial charge in [-0.2, -0.15) is 5.10 Å². The van der Waals surface area contributed by atoms with E-state index in [4.69, 9.17) is 18.9 Å². The molecular weight excluding hydrogens is 444 g/mol. The Morgan fingerprint density at radius 1 is 0.886 bits per heavy atom. The van der Waals surface area contributed by atoms with Crippen molar-refractivity contribution in [3.8, 4) is 23.0 Å². The summed E-state index contributed by atoms with van der Waals surface area (Å²) >= 11 is 0. The Kier molecular flexibility index (Phi) is 9.99. The lowest BCUT2D eigenvalue weighted by Gasteiger charge is -2.13. The van der Waals surface area contributed by atoms with Crippen LogP contribution in [0.15, 0.2) is 71.8 Å². The molecule has 0 heterocycles. The van der Waals surface area contributed by atoms with Crippen LogP contribution >= 0.6 is 0 Å². The fourth-order valence-electron chi connectivity index (χ4n) is 3.21. The van der Waals surface area contributed by atoms with E-state index in [1.54, 1.807) is 31.5 Å². The Hall–Kier alpha value is -4.00. The van der Waals surface area contributed by atoms with Crippen molar-refractivity contribution >= 4 is 12.1 Å². The van der Waals surface area contributed by atoms with Crippen LogP contribution in [0.5, 0.6) is 23.0 Å². The molecule has 3 rings (SSSR count). The Bertz CT molecular complexity index is 1120. The molecule has 0 aliphatic heterocycles. The number of ether oxygens (including phenoxy) is 4. The maximum atomic E-state index is 12.6. The lowest BCUT2D eigenvalue weighted by Crippen LogP contribution is -2.17. The highest BCUT2D eigenvalue weighted by Gasteiger charge is 2.12. The molecule has 7 nitrogen and oxygen atoms in total. The highest BCUT2D eigenvalue weighted by atomic mass is 16.5. The summed E-state index contributed by atoms with van der Waals surface area (Å²) in [4.78, 5) is 12.6. The summed E-state index contributed by atoms with van der Waals surface area (Å²) in [6.07, 6.45) is 3.59. The Morgan fingerprint density at radius 2 is 1.66 bits per heavy atom. The summed E-state index contributed by atoms with van der Waals surface area (Å²) in [6.45, 7) is 5.48. The number of amides is 1. The second-order valence-corrected chi connectivity index (χ2v) is 7.68. The highest BCUT2D eigenvalue weighted by molar-refractivity contribution is 5.95. The topological polar surface area (TPSA) is 78.4 Å². The van der Waals surface area contributed by atoms with Crippen LogP contribution in [-0.4, -0.2) is 32.4 Å². The molecule has 7 heteroatoms. The smallest absolute Gasteiger partial charge is 0.271 e. The number of nitrogens with one attached hydrogen (secondary N) is 1. The number of hydrogen-bond acceptors (Lipinski definition) is 6. The van der Waals surface area contributed by atoms with Gasteiger partial charge in [-0.05, 0) is 60.9 Å². The van der Waals surface area contributed by atoms with Crippen LogP contribution in [0.2, 0.25) is 0 Å². The minimum absolute atomic E-state index is 0.358. The van der Waals surface area contributed by atoms with Gasteiger partial charge in [-0.15, -0.1) is 0 Å². The van der Waals surface area contributed by atoms with Crippen molar-refractivity contribution in [1.82, 2.24) is 5.43 Å². The molecule has 0 unspecified atom stereocenters. The Morgan fingerprint density at radius 3 is 2.40 bits per heavy atom. The molecule has 3 aromatic rings. The van der Waals surface area contributed by atoms with Gasteiger partial charge in [-0.1, -0.05) is 43.7 Å². The lowest BCUT2D eigenvalue weighted by atomic mass is 10.2. The highest BCUT2D eigenvalue weighted by Crippen LogP contribution is 2.30. The van der Waals surface area contributed by atoms with Crippen LogP contribution in [0, 0.1) is 0 Å². The van der Waals surface area contributed by atoms with Gasteiger partial charge in [0.1, 0.15) is 6.61 Å². The van der Waals surface area contributed by atoms with Gasteiger partial charge in [0.25, 0.3) is 5.91 Å². The molecule has 184 valence electrons. The third kappa shape index (κ3) is 7.78. The van der Waals surface area contributed by atoms with Crippen LogP contribution in [0.25, 0.3) is 0 Å². The maximum absolute atomic E-state index is 12.6. The Balaban J connectivity index is 1.63. The van der Waals surface area contributed by atoms with E-state index in [-0.39, 0.29) is 5.91 Å². The SMILES string of the molecule is CCCCOc1ccc(/C=N/NC(=O)c2ccc(OCc3ccccc3)c(OCC)c2)cc1OC. The van der Waals surface area contributed by atoms with E-state index in [1.807, 2.05) is 55.5 Å². The first kappa shape index (κ1) is 25.6. The molecule has 1 amide bonds.